The van der Waals surface area contributed by atoms with Crippen molar-refractivity contribution in [1.29, 1.82) is 0 Å². The molecule has 0 unspecified atom stereocenters. The van der Waals surface area contributed by atoms with Gasteiger partial charge in [0.05, 0.1) is 18.6 Å². The van der Waals surface area contributed by atoms with Gasteiger partial charge in [-0.1, -0.05) is 19.3 Å². The Balaban J connectivity index is 2.04. The molecule has 1 aliphatic rings. The third-order valence-electron chi connectivity index (χ3n) is 4.15. The first-order valence-electron chi connectivity index (χ1n) is 7.58. The van der Waals surface area contributed by atoms with Crippen molar-refractivity contribution in [3.05, 3.63) is 18.2 Å². The summed E-state index contributed by atoms with van der Waals surface area (Å²) in [7, 11) is 0. The fraction of sp³-hybridized carbons (Fsp3) is 0.800. The number of hydrogen-bond donors (Lipinski definition) is 1. The van der Waals surface area contributed by atoms with E-state index in [-0.39, 0.29) is 6.61 Å². The lowest BCUT2D eigenvalue weighted by atomic mass is 9.94. The number of aliphatic hydroxyl groups is 1. The summed E-state index contributed by atoms with van der Waals surface area (Å²) in [5.74, 6) is 0. The highest BCUT2D eigenvalue weighted by molar-refractivity contribution is 5.00. The van der Waals surface area contributed by atoms with Gasteiger partial charge in [0.15, 0.2) is 0 Å². The van der Waals surface area contributed by atoms with Crippen molar-refractivity contribution >= 4 is 0 Å². The first kappa shape index (κ1) is 14.5. The molecule has 0 saturated heterocycles. The number of rotatable bonds is 6. The molecule has 0 spiro atoms. The quantitative estimate of drug-likeness (QED) is 0.859. The average molecular weight is 265 g/mol. The Morgan fingerprint density at radius 1 is 1.37 bits per heavy atom. The molecule has 1 fully saturated rings. The zero-order valence-electron chi connectivity index (χ0n) is 12.3. The molecule has 108 valence electrons. The van der Waals surface area contributed by atoms with Crippen molar-refractivity contribution in [1.82, 2.24) is 14.5 Å². The summed E-state index contributed by atoms with van der Waals surface area (Å²) in [5, 5.41) is 9.31. The minimum Gasteiger partial charge on any atom is -0.395 e. The Hall–Kier alpha value is -0.870. The van der Waals surface area contributed by atoms with Crippen molar-refractivity contribution < 1.29 is 5.11 Å². The molecule has 0 amide bonds. The fourth-order valence-electron chi connectivity index (χ4n) is 3.09. The molecule has 0 bridgehead atoms. The Labute approximate surface area is 116 Å². The molecule has 19 heavy (non-hydrogen) atoms. The van der Waals surface area contributed by atoms with Crippen LogP contribution in [0.5, 0.6) is 0 Å². The maximum atomic E-state index is 9.31. The van der Waals surface area contributed by atoms with Crippen LogP contribution in [0.3, 0.4) is 0 Å². The van der Waals surface area contributed by atoms with E-state index in [0.29, 0.717) is 12.1 Å². The van der Waals surface area contributed by atoms with Gasteiger partial charge in [-0.05, 0) is 26.7 Å². The molecule has 1 aromatic rings. The summed E-state index contributed by atoms with van der Waals surface area (Å²) in [4.78, 5) is 6.72. The Bertz CT molecular complexity index is 369. The number of hydrogen-bond acceptors (Lipinski definition) is 3. The average Bonchev–Trinajstić information content (AvgIpc) is 2.88. The lowest BCUT2D eigenvalue weighted by molar-refractivity contribution is 0.114. The molecular weight excluding hydrogens is 238 g/mol. The van der Waals surface area contributed by atoms with Gasteiger partial charge in [-0.15, -0.1) is 0 Å². The summed E-state index contributed by atoms with van der Waals surface area (Å²) in [6.07, 6.45) is 10.5. The van der Waals surface area contributed by atoms with Crippen LogP contribution in [0.4, 0.5) is 0 Å². The highest BCUT2D eigenvalue weighted by Crippen LogP contribution is 2.24. The van der Waals surface area contributed by atoms with Crippen LogP contribution in [0, 0.1) is 0 Å². The number of aromatic nitrogens is 2. The van der Waals surface area contributed by atoms with E-state index in [2.05, 4.69) is 28.3 Å². The standard InChI is InChI=1S/C15H27N3O/c1-13(2)18-12-16-10-15(18)11-17(8-9-19)14-6-4-3-5-7-14/h10,12-14,19H,3-9,11H2,1-2H3. The molecule has 0 aromatic carbocycles. The van der Waals surface area contributed by atoms with E-state index in [1.807, 2.05) is 12.5 Å². The third-order valence-corrected chi connectivity index (χ3v) is 4.15. The van der Waals surface area contributed by atoms with Crippen LogP contribution >= 0.6 is 0 Å². The highest BCUT2D eigenvalue weighted by Gasteiger charge is 2.22. The molecule has 1 heterocycles. The molecule has 4 heteroatoms. The summed E-state index contributed by atoms with van der Waals surface area (Å²) < 4.78 is 2.23. The van der Waals surface area contributed by atoms with Gasteiger partial charge in [0.25, 0.3) is 0 Å². The van der Waals surface area contributed by atoms with E-state index >= 15 is 0 Å². The van der Waals surface area contributed by atoms with Gasteiger partial charge in [-0.2, -0.15) is 0 Å². The second-order valence-electron chi connectivity index (χ2n) is 5.87. The molecule has 1 aliphatic carbocycles. The van der Waals surface area contributed by atoms with Gasteiger partial charge in [-0.3, -0.25) is 4.90 Å². The first-order valence-corrected chi connectivity index (χ1v) is 7.58. The maximum Gasteiger partial charge on any atom is 0.0951 e. The summed E-state index contributed by atoms with van der Waals surface area (Å²) in [6, 6.07) is 1.08. The molecule has 0 atom stereocenters. The molecular formula is C15H27N3O. The van der Waals surface area contributed by atoms with Crippen LogP contribution < -0.4 is 0 Å². The Kier molecular flexibility index (Phi) is 5.40. The second kappa shape index (κ2) is 7.06. The minimum absolute atomic E-state index is 0.242. The lowest BCUT2D eigenvalue weighted by Gasteiger charge is -2.34. The van der Waals surface area contributed by atoms with E-state index in [1.54, 1.807) is 0 Å². The monoisotopic (exact) mass is 265 g/mol. The minimum atomic E-state index is 0.242. The predicted molar refractivity (Wildman–Crippen MR) is 77.0 cm³/mol. The van der Waals surface area contributed by atoms with Gasteiger partial charge < -0.3 is 9.67 Å². The molecule has 0 aliphatic heterocycles. The zero-order chi connectivity index (χ0) is 13.7. The SMILES string of the molecule is CC(C)n1cncc1CN(CCO)C1CCCCC1. The predicted octanol–water partition coefficient (Wildman–Crippen LogP) is 2.59. The molecule has 2 rings (SSSR count). The molecule has 1 aromatic heterocycles. The number of aliphatic hydroxyl groups excluding tert-OH is 1. The Morgan fingerprint density at radius 3 is 2.74 bits per heavy atom. The molecule has 1 saturated carbocycles. The summed E-state index contributed by atoms with van der Waals surface area (Å²) in [6.45, 7) is 6.29. The molecule has 0 radical (unpaired) electrons. The zero-order valence-corrected chi connectivity index (χ0v) is 12.3. The maximum absolute atomic E-state index is 9.31. The van der Waals surface area contributed by atoms with E-state index in [1.165, 1.54) is 37.8 Å². The smallest absolute Gasteiger partial charge is 0.0951 e. The second-order valence-corrected chi connectivity index (χ2v) is 5.87. The van der Waals surface area contributed by atoms with E-state index in [4.69, 9.17) is 0 Å². The molecule has 1 N–H and O–H groups in total. The van der Waals surface area contributed by atoms with Crippen LogP contribution in [0.1, 0.15) is 57.7 Å². The van der Waals surface area contributed by atoms with E-state index < -0.39 is 0 Å². The van der Waals surface area contributed by atoms with Crippen LogP contribution in [0.25, 0.3) is 0 Å². The van der Waals surface area contributed by atoms with Gasteiger partial charge in [-0.25, -0.2) is 4.98 Å². The van der Waals surface area contributed by atoms with Crippen LogP contribution in [0.2, 0.25) is 0 Å². The first-order chi connectivity index (χ1) is 9.22. The lowest BCUT2D eigenvalue weighted by Crippen LogP contribution is -2.38. The summed E-state index contributed by atoms with van der Waals surface area (Å²) >= 11 is 0. The fourth-order valence-corrected chi connectivity index (χ4v) is 3.09. The van der Waals surface area contributed by atoms with Gasteiger partial charge >= 0.3 is 0 Å². The van der Waals surface area contributed by atoms with Gasteiger partial charge in [0.1, 0.15) is 0 Å². The normalized spacial score (nSPS) is 17.5. The third kappa shape index (κ3) is 3.80. The van der Waals surface area contributed by atoms with Crippen LogP contribution in [0.15, 0.2) is 12.5 Å². The molecule has 4 nitrogen and oxygen atoms in total. The van der Waals surface area contributed by atoms with Gasteiger partial charge in [0, 0.05) is 31.4 Å². The van der Waals surface area contributed by atoms with E-state index in [9.17, 15) is 5.11 Å². The van der Waals surface area contributed by atoms with Crippen molar-refractivity contribution in [2.75, 3.05) is 13.2 Å². The van der Waals surface area contributed by atoms with Crippen LogP contribution in [-0.2, 0) is 6.54 Å². The largest absolute Gasteiger partial charge is 0.395 e. The van der Waals surface area contributed by atoms with Crippen LogP contribution in [-0.4, -0.2) is 38.8 Å². The Morgan fingerprint density at radius 2 is 2.11 bits per heavy atom. The van der Waals surface area contributed by atoms with Crippen molar-refractivity contribution in [2.24, 2.45) is 0 Å². The topological polar surface area (TPSA) is 41.3 Å². The summed E-state index contributed by atoms with van der Waals surface area (Å²) in [5.41, 5.74) is 1.26. The number of nitrogens with zero attached hydrogens (tertiary/aromatic N) is 3. The van der Waals surface area contributed by atoms with E-state index in [0.717, 1.165) is 13.1 Å². The van der Waals surface area contributed by atoms with Gasteiger partial charge in [0.2, 0.25) is 0 Å². The number of imidazole rings is 1. The van der Waals surface area contributed by atoms with Crippen molar-refractivity contribution in [3.8, 4) is 0 Å². The van der Waals surface area contributed by atoms with Crippen molar-refractivity contribution in [2.45, 2.75) is 64.6 Å². The van der Waals surface area contributed by atoms with Crippen molar-refractivity contribution in [3.63, 3.8) is 0 Å². The highest BCUT2D eigenvalue weighted by atomic mass is 16.3.